The molecule has 1 aliphatic heterocycles. The predicted molar refractivity (Wildman–Crippen MR) is 49.7 cm³/mol. The second-order valence-corrected chi connectivity index (χ2v) is 4.27. The third-order valence-electron chi connectivity index (χ3n) is 2.79. The lowest BCUT2D eigenvalue weighted by Crippen LogP contribution is -2.46. The van der Waals surface area contributed by atoms with Crippen molar-refractivity contribution in [2.24, 2.45) is 5.41 Å². The minimum atomic E-state index is -5.74. The van der Waals surface area contributed by atoms with Crippen molar-refractivity contribution in [1.82, 2.24) is 0 Å². The van der Waals surface area contributed by atoms with Crippen LogP contribution in [0.5, 0.6) is 0 Å². The van der Waals surface area contributed by atoms with Crippen LogP contribution in [0.3, 0.4) is 0 Å². The molecule has 0 radical (unpaired) electrons. The summed E-state index contributed by atoms with van der Waals surface area (Å²) in [6, 6.07) is 0. The van der Waals surface area contributed by atoms with Crippen molar-refractivity contribution in [1.29, 1.82) is 0 Å². The fraction of sp³-hybridized carbons (Fsp3) is 0.800. The van der Waals surface area contributed by atoms with Gasteiger partial charge in [0.05, 0.1) is 25.2 Å². The number of hydrogen-bond donors (Lipinski definition) is 0. The van der Waals surface area contributed by atoms with Crippen molar-refractivity contribution in [3.8, 4) is 0 Å². The van der Waals surface area contributed by atoms with E-state index in [-0.39, 0.29) is 13.2 Å². The van der Waals surface area contributed by atoms with Crippen LogP contribution < -0.4 is 0 Å². The number of hydrogen-bond acceptors (Lipinski definition) is 2. The van der Waals surface area contributed by atoms with Crippen LogP contribution in [-0.2, 0) is 9.47 Å². The maximum Gasteiger partial charge on any atom is 0.452 e. The zero-order valence-corrected chi connectivity index (χ0v) is 9.79. The molecule has 0 aliphatic carbocycles. The van der Waals surface area contributed by atoms with Crippen LogP contribution in [0.15, 0.2) is 11.6 Å². The van der Waals surface area contributed by atoms with E-state index >= 15 is 0 Å². The summed E-state index contributed by atoms with van der Waals surface area (Å²) in [4.78, 5) is 0. The topological polar surface area (TPSA) is 18.5 Å². The Morgan fingerprint density at radius 3 is 1.89 bits per heavy atom. The van der Waals surface area contributed by atoms with E-state index in [1.807, 2.05) is 0 Å². The van der Waals surface area contributed by atoms with Gasteiger partial charge in [0.1, 0.15) is 0 Å². The second-order valence-electron chi connectivity index (χ2n) is 4.27. The van der Waals surface area contributed by atoms with E-state index in [0.29, 0.717) is 6.42 Å². The molecule has 0 aromatic heterocycles. The third-order valence-corrected chi connectivity index (χ3v) is 2.79. The fourth-order valence-electron chi connectivity index (χ4n) is 1.40. The second kappa shape index (κ2) is 5.18. The van der Waals surface area contributed by atoms with Crippen molar-refractivity contribution in [2.45, 2.75) is 25.7 Å². The highest BCUT2D eigenvalue weighted by Crippen LogP contribution is 2.40. The zero-order valence-electron chi connectivity index (χ0n) is 9.79. The molecule has 0 amide bonds. The third kappa shape index (κ3) is 3.74. The van der Waals surface area contributed by atoms with Crippen molar-refractivity contribution in [3.05, 3.63) is 11.6 Å². The molecule has 112 valence electrons. The molecule has 0 unspecified atom stereocenters. The summed E-state index contributed by atoms with van der Waals surface area (Å²) in [6.45, 7) is 1.09. The van der Waals surface area contributed by atoms with E-state index in [1.165, 1.54) is 0 Å². The molecular formula is C10H11F7O2. The van der Waals surface area contributed by atoms with Gasteiger partial charge in [-0.15, -0.1) is 0 Å². The van der Waals surface area contributed by atoms with Gasteiger partial charge in [-0.2, -0.15) is 30.7 Å². The lowest BCUT2D eigenvalue weighted by atomic mass is 9.84. The van der Waals surface area contributed by atoms with Gasteiger partial charge in [0.15, 0.2) is 0 Å². The highest BCUT2D eigenvalue weighted by molar-refractivity contribution is 5.12. The minimum absolute atomic E-state index is 0.0717. The van der Waals surface area contributed by atoms with Gasteiger partial charge in [-0.1, -0.05) is 6.92 Å². The Hall–Kier alpha value is -0.990. The Morgan fingerprint density at radius 2 is 1.63 bits per heavy atom. The predicted octanol–water partition coefficient (Wildman–Crippen LogP) is 3.74. The summed E-state index contributed by atoms with van der Waals surface area (Å²) < 4.78 is 94.6. The van der Waals surface area contributed by atoms with E-state index in [4.69, 9.17) is 4.74 Å². The van der Waals surface area contributed by atoms with Crippen molar-refractivity contribution >= 4 is 0 Å². The van der Waals surface area contributed by atoms with Crippen molar-refractivity contribution < 1.29 is 40.2 Å². The van der Waals surface area contributed by atoms with Crippen molar-refractivity contribution in [2.75, 3.05) is 19.8 Å². The number of rotatable bonds is 4. The molecule has 0 atom stereocenters. The zero-order chi connectivity index (χ0) is 14.9. The molecule has 1 heterocycles. The van der Waals surface area contributed by atoms with Crippen LogP contribution in [0.4, 0.5) is 30.7 Å². The average molecular weight is 296 g/mol. The Bertz CT molecular complexity index is 346. The summed E-state index contributed by atoms with van der Waals surface area (Å²) in [6.07, 6.45) is -10.9. The van der Waals surface area contributed by atoms with Crippen LogP contribution in [0.2, 0.25) is 0 Å². The molecule has 0 aromatic carbocycles. The first-order valence-corrected chi connectivity index (χ1v) is 5.26. The summed E-state index contributed by atoms with van der Waals surface area (Å²) in [5.41, 5.74) is -0.789. The van der Waals surface area contributed by atoms with Gasteiger partial charge in [0.25, 0.3) is 5.83 Å². The number of halogens is 7. The fourth-order valence-corrected chi connectivity index (χ4v) is 1.40. The Labute approximate surface area is 104 Å². The van der Waals surface area contributed by atoms with Crippen LogP contribution in [0.25, 0.3) is 0 Å². The molecule has 1 saturated heterocycles. The van der Waals surface area contributed by atoms with Gasteiger partial charge in [0.2, 0.25) is 5.76 Å². The van der Waals surface area contributed by atoms with Crippen LogP contribution in [0.1, 0.15) is 13.3 Å². The molecule has 1 aliphatic rings. The molecule has 9 heteroatoms. The Balaban J connectivity index is 2.89. The van der Waals surface area contributed by atoms with Gasteiger partial charge in [0, 0.05) is 0 Å². The SMILES string of the molecule is CCC1(CO/C(=C(/F)C(F)(F)F)C(F)(F)F)COC1. The van der Waals surface area contributed by atoms with E-state index in [2.05, 4.69) is 4.74 Å². The Kier molecular flexibility index (Phi) is 4.38. The molecule has 0 saturated carbocycles. The maximum absolute atomic E-state index is 12.7. The Morgan fingerprint density at radius 1 is 1.11 bits per heavy atom. The lowest BCUT2D eigenvalue weighted by Gasteiger charge is -2.40. The van der Waals surface area contributed by atoms with Gasteiger partial charge in [-0.3, -0.25) is 0 Å². The molecule has 1 rings (SSSR count). The molecule has 2 nitrogen and oxygen atoms in total. The van der Waals surface area contributed by atoms with Crippen molar-refractivity contribution in [3.63, 3.8) is 0 Å². The molecule has 19 heavy (non-hydrogen) atoms. The summed E-state index contributed by atoms with van der Waals surface area (Å²) in [7, 11) is 0. The lowest BCUT2D eigenvalue weighted by molar-refractivity contribution is -0.183. The number of alkyl halides is 6. The first kappa shape index (κ1) is 16.1. The molecule has 0 N–H and O–H groups in total. The quantitative estimate of drug-likeness (QED) is 0.581. The summed E-state index contributed by atoms with van der Waals surface area (Å²) >= 11 is 0. The molecule has 0 aromatic rings. The highest BCUT2D eigenvalue weighted by atomic mass is 19.4. The normalized spacial score (nSPS) is 20.6. The van der Waals surface area contributed by atoms with Crippen LogP contribution in [-0.4, -0.2) is 32.2 Å². The monoisotopic (exact) mass is 296 g/mol. The maximum atomic E-state index is 12.7. The molecule has 0 bridgehead atoms. The first-order chi connectivity index (χ1) is 8.52. The highest BCUT2D eigenvalue weighted by Gasteiger charge is 2.50. The molecule has 1 fully saturated rings. The van der Waals surface area contributed by atoms with Crippen LogP contribution >= 0.6 is 0 Å². The number of allylic oxidation sites excluding steroid dienone is 2. The summed E-state index contributed by atoms with van der Waals surface area (Å²) in [5.74, 6) is -5.91. The van der Waals surface area contributed by atoms with E-state index in [9.17, 15) is 30.7 Å². The van der Waals surface area contributed by atoms with Crippen LogP contribution in [0, 0.1) is 5.41 Å². The smallest absolute Gasteiger partial charge is 0.452 e. The van der Waals surface area contributed by atoms with Gasteiger partial charge >= 0.3 is 12.4 Å². The minimum Gasteiger partial charge on any atom is -0.486 e. The average Bonchev–Trinajstić information content (AvgIpc) is 2.18. The molecular weight excluding hydrogens is 285 g/mol. The van der Waals surface area contributed by atoms with Gasteiger partial charge < -0.3 is 9.47 Å². The van der Waals surface area contributed by atoms with Gasteiger partial charge in [-0.05, 0) is 6.42 Å². The largest absolute Gasteiger partial charge is 0.486 e. The molecule has 0 spiro atoms. The van der Waals surface area contributed by atoms with E-state index < -0.39 is 36.0 Å². The standard InChI is InChI=1S/C10H11F7O2/c1-2-8(3-18-4-8)5-19-7(10(15,16)17)6(11)9(12,13)14/h2-5H2,1H3/b7-6+. The van der Waals surface area contributed by atoms with E-state index in [0.717, 1.165) is 0 Å². The number of ether oxygens (including phenoxy) is 2. The van der Waals surface area contributed by atoms with Gasteiger partial charge in [-0.25, -0.2) is 0 Å². The first-order valence-electron chi connectivity index (χ1n) is 5.26. The van der Waals surface area contributed by atoms with E-state index in [1.54, 1.807) is 6.92 Å². The summed E-state index contributed by atoms with van der Waals surface area (Å²) in [5, 5.41) is 0.